The first-order valence-electron chi connectivity index (χ1n) is 4.97. The van der Waals surface area contributed by atoms with Gasteiger partial charge in [-0.2, -0.15) is 0 Å². The zero-order valence-corrected chi connectivity index (χ0v) is 11.8. The lowest BCUT2D eigenvalue weighted by Crippen LogP contribution is -1.82. The molecular formula is C11H14S4. The fourth-order valence-electron chi connectivity index (χ4n) is 1.01. The Morgan fingerprint density at radius 2 is 1.00 bits per heavy atom. The molecule has 4 heteroatoms. The van der Waals surface area contributed by atoms with Gasteiger partial charge >= 0.3 is 0 Å². The summed E-state index contributed by atoms with van der Waals surface area (Å²) < 4.78 is 0. The molecule has 0 nitrogen and oxygen atoms in total. The number of hydrogen-bond donors (Lipinski definition) is 0. The summed E-state index contributed by atoms with van der Waals surface area (Å²) in [6.07, 6.45) is 5.28. The summed E-state index contributed by atoms with van der Waals surface area (Å²) in [5.41, 5.74) is 0. The highest BCUT2D eigenvalue weighted by Crippen LogP contribution is 2.13. The first-order chi connectivity index (χ1) is 7.50. The van der Waals surface area contributed by atoms with Crippen LogP contribution in [-0.4, -0.2) is 16.6 Å². The molecule has 0 aromatic heterocycles. The van der Waals surface area contributed by atoms with E-state index in [1.165, 1.54) is 37.2 Å². The van der Waals surface area contributed by atoms with Gasteiger partial charge in [0.2, 0.25) is 0 Å². The van der Waals surface area contributed by atoms with Crippen molar-refractivity contribution < 1.29 is 0 Å². The largest absolute Gasteiger partial charge is 0.0742 e. The van der Waals surface area contributed by atoms with Crippen LogP contribution in [0, 0.1) is 21.0 Å². The van der Waals surface area contributed by atoms with E-state index >= 15 is 0 Å². The highest BCUT2D eigenvalue weighted by Gasteiger charge is 1.91. The van der Waals surface area contributed by atoms with Crippen LogP contribution in [0.25, 0.3) is 0 Å². The molecule has 0 radical (unpaired) electrons. The Morgan fingerprint density at radius 1 is 0.533 bits per heavy atom. The third-order valence-electron chi connectivity index (χ3n) is 1.73. The molecule has 0 spiro atoms. The first kappa shape index (κ1) is 13.6. The van der Waals surface area contributed by atoms with Crippen LogP contribution in [-0.2, 0) is 0 Å². The Morgan fingerprint density at radius 3 is 1.53 bits per heavy atom. The zero-order chi connectivity index (χ0) is 10.6. The molecule has 0 aromatic rings. The van der Waals surface area contributed by atoms with Gasteiger partial charge in [-0.05, 0) is 33.9 Å². The molecule has 0 bridgehead atoms. The molecule has 1 rings (SSSR count). The second-order valence-electron chi connectivity index (χ2n) is 2.93. The normalized spacial score (nSPS) is 19.7. The minimum atomic E-state index is 0.959. The zero-order valence-electron chi connectivity index (χ0n) is 8.58. The van der Waals surface area contributed by atoms with Crippen LogP contribution in [0.4, 0.5) is 0 Å². The van der Waals surface area contributed by atoms with Crippen molar-refractivity contribution in [2.24, 2.45) is 0 Å². The predicted octanol–water partition coefficient (Wildman–Crippen LogP) is 4.29. The molecule has 0 aromatic carbocycles. The molecular weight excluding hydrogens is 260 g/mol. The van der Waals surface area contributed by atoms with Gasteiger partial charge < -0.3 is 0 Å². The topological polar surface area (TPSA) is 0 Å². The maximum atomic E-state index is 3.12. The van der Waals surface area contributed by atoms with E-state index in [1.54, 1.807) is 47.0 Å². The van der Waals surface area contributed by atoms with Crippen molar-refractivity contribution in [2.75, 3.05) is 16.6 Å². The van der Waals surface area contributed by atoms with Crippen molar-refractivity contribution in [2.45, 2.75) is 25.7 Å². The van der Waals surface area contributed by atoms with E-state index in [0.717, 1.165) is 5.08 Å². The van der Waals surface area contributed by atoms with E-state index in [4.69, 9.17) is 0 Å². The van der Waals surface area contributed by atoms with Crippen molar-refractivity contribution in [3.05, 3.63) is 0 Å². The molecule has 0 fully saturated rings. The summed E-state index contributed by atoms with van der Waals surface area (Å²) in [5.74, 6) is 2.37. The summed E-state index contributed by atoms with van der Waals surface area (Å²) >= 11 is 6.81. The van der Waals surface area contributed by atoms with Gasteiger partial charge in [-0.3, -0.25) is 0 Å². The fraction of sp³-hybridized carbons (Fsp3) is 0.636. The van der Waals surface area contributed by atoms with E-state index < -0.39 is 0 Å². The second-order valence-corrected chi connectivity index (χ2v) is 6.66. The molecule has 0 atom stereocenters. The van der Waals surface area contributed by atoms with Crippen LogP contribution >= 0.6 is 47.0 Å². The minimum absolute atomic E-state index is 0.959. The Labute approximate surface area is 110 Å². The van der Waals surface area contributed by atoms with Crippen LogP contribution in [0.2, 0.25) is 0 Å². The Bertz CT molecular complexity index is 238. The van der Waals surface area contributed by atoms with E-state index in [9.17, 15) is 0 Å². The Kier molecular flexibility index (Phi) is 9.98. The second kappa shape index (κ2) is 11.0. The maximum Gasteiger partial charge on any atom is 0.0639 e. The fourth-order valence-corrected chi connectivity index (χ4v) is 3.56. The lowest BCUT2D eigenvalue weighted by Gasteiger charge is -1.97. The van der Waals surface area contributed by atoms with Crippen LogP contribution in [0.3, 0.4) is 0 Å². The van der Waals surface area contributed by atoms with E-state index in [2.05, 4.69) is 21.0 Å². The molecule has 0 saturated carbocycles. The average Bonchev–Trinajstić information content (AvgIpc) is 2.27. The molecule has 0 aliphatic carbocycles. The lowest BCUT2D eigenvalue weighted by atomic mass is 10.2. The summed E-state index contributed by atoms with van der Waals surface area (Å²) in [4.78, 5) is 0. The Balaban J connectivity index is 2.21. The molecule has 0 saturated heterocycles. The van der Waals surface area contributed by atoms with Gasteiger partial charge in [0.1, 0.15) is 0 Å². The molecule has 0 unspecified atom stereocenters. The van der Waals surface area contributed by atoms with Gasteiger partial charge in [0, 0.05) is 11.5 Å². The monoisotopic (exact) mass is 274 g/mol. The summed E-state index contributed by atoms with van der Waals surface area (Å²) in [7, 11) is 0. The van der Waals surface area contributed by atoms with Gasteiger partial charge in [0.15, 0.2) is 0 Å². The van der Waals surface area contributed by atoms with Crippen molar-refractivity contribution in [1.82, 2.24) is 0 Å². The lowest BCUT2D eigenvalue weighted by molar-refractivity contribution is 0.712. The highest BCUT2D eigenvalue weighted by atomic mass is 32.2. The van der Waals surface area contributed by atoms with E-state index in [-0.39, 0.29) is 0 Å². The molecule has 15 heavy (non-hydrogen) atoms. The van der Waals surface area contributed by atoms with Crippen molar-refractivity contribution in [3.63, 3.8) is 0 Å². The molecule has 1 aliphatic rings. The highest BCUT2D eigenvalue weighted by molar-refractivity contribution is 8.20. The third-order valence-corrected chi connectivity index (χ3v) is 4.91. The Hall–Kier alpha value is 0.520. The molecule has 0 N–H and O–H groups in total. The van der Waals surface area contributed by atoms with Gasteiger partial charge in [0.05, 0.1) is 5.08 Å². The van der Waals surface area contributed by atoms with Crippen molar-refractivity contribution >= 4 is 47.0 Å². The third kappa shape index (κ3) is 9.45. The maximum absolute atomic E-state index is 3.12. The predicted molar refractivity (Wildman–Crippen MR) is 79.0 cm³/mol. The van der Waals surface area contributed by atoms with Gasteiger partial charge in [-0.1, -0.05) is 59.9 Å². The average molecular weight is 275 g/mol. The molecule has 1 heterocycles. The smallest absolute Gasteiger partial charge is 0.0639 e. The van der Waals surface area contributed by atoms with Gasteiger partial charge in [-0.15, -0.1) is 0 Å². The standard InChI is InChI=1S/C11H14S4/c1-2-4-6-13-8-10-15-11-14-9-7-12-5-3-1/h1-6,11H2. The van der Waals surface area contributed by atoms with E-state index in [0.29, 0.717) is 0 Å². The number of hydrogen-bond acceptors (Lipinski definition) is 4. The van der Waals surface area contributed by atoms with Crippen LogP contribution in [0.15, 0.2) is 0 Å². The quantitative estimate of drug-likeness (QED) is 0.604. The number of rotatable bonds is 0. The minimum Gasteiger partial charge on any atom is -0.0742 e. The summed E-state index contributed by atoms with van der Waals surface area (Å²) in [5, 5.41) is 13.4. The SMILES string of the molecule is C1#CSCSC#CSCCCCCCS1. The van der Waals surface area contributed by atoms with Crippen LogP contribution in [0.1, 0.15) is 25.7 Å². The van der Waals surface area contributed by atoms with E-state index in [1.807, 2.05) is 0 Å². The summed E-state index contributed by atoms with van der Waals surface area (Å²) in [6, 6.07) is 0. The first-order valence-corrected chi connectivity index (χ1v) is 8.91. The molecule has 82 valence electrons. The summed E-state index contributed by atoms with van der Waals surface area (Å²) in [6.45, 7) is 0. The van der Waals surface area contributed by atoms with Crippen molar-refractivity contribution in [1.29, 1.82) is 0 Å². The van der Waals surface area contributed by atoms with Crippen LogP contribution < -0.4 is 0 Å². The van der Waals surface area contributed by atoms with Crippen LogP contribution in [0.5, 0.6) is 0 Å². The molecule has 0 amide bonds. The van der Waals surface area contributed by atoms with Gasteiger partial charge in [0.25, 0.3) is 0 Å². The van der Waals surface area contributed by atoms with Gasteiger partial charge in [-0.25, -0.2) is 0 Å². The van der Waals surface area contributed by atoms with Crippen molar-refractivity contribution in [3.8, 4) is 21.0 Å². The molecule has 1 aliphatic heterocycles. The number of thioether (sulfide) groups is 4.